The molecule has 92 valence electrons. The van der Waals surface area contributed by atoms with E-state index >= 15 is 0 Å². The molecule has 1 aliphatic carbocycles. The van der Waals surface area contributed by atoms with Crippen molar-refractivity contribution in [3.63, 3.8) is 0 Å². The first-order chi connectivity index (χ1) is 7.68. The third kappa shape index (κ3) is 2.99. The van der Waals surface area contributed by atoms with Crippen molar-refractivity contribution in [2.24, 2.45) is 11.7 Å². The molecule has 0 saturated heterocycles. The summed E-state index contributed by atoms with van der Waals surface area (Å²) in [6, 6.07) is 0.189. The summed E-state index contributed by atoms with van der Waals surface area (Å²) in [6.45, 7) is 5.18. The van der Waals surface area contributed by atoms with E-state index in [0.717, 1.165) is 12.8 Å². The Kier molecular flexibility index (Phi) is 5.31. The van der Waals surface area contributed by atoms with Crippen LogP contribution in [-0.2, 0) is 0 Å². The topological polar surface area (TPSA) is 38.0 Å². The summed E-state index contributed by atoms with van der Waals surface area (Å²) in [5.74, 6) is 3.50. The van der Waals surface area contributed by atoms with Crippen LogP contribution >= 0.6 is 0 Å². The van der Waals surface area contributed by atoms with Crippen molar-refractivity contribution in [3.05, 3.63) is 0 Å². The van der Waals surface area contributed by atoms with Gasteiger partial charge in [0.25, 0.3) is 0 Å². The third-order valence-corrected chi connectivity index (χ3v) is 4.06. The molecule has 0 heterocycles. The molecule has 2 heteroatoms. The molecule has 0 bridgehead atoms. The standard InChI is InChI=1S/C14H26N2/c1-4-8-13(5-2)16-14(11-15)10-7-6-9-12(14)3/h2,12-13,16H,4,6-11,15H2,1,3H3. The summed E-state index contributed by atoms with van der Waals surface area (Å²) in [5.41, 5.74) is 6.08. The highest BCUT2D eigenvalue weighted by atomic mass is 15.0. The molecule has 1 aliphatic rings. The van der Waals surface area contributed by atoms with Gasteiger partial charge in [0.15, 0.2) is 0 Å². The van der Waals surface area contributed by atoms with E-state index in [4.69, 9.17) is 12.2 Å². The molecular formula is C14H26N2. The molecule has 0 amide bonds. The molecule has 0 radical (unpaired) electrons. The maximum absolute atomic E-state index is 6.00. The number of terminal acetylenes is 1. The number of hydrogen-bond acceptors (Lipinski definition) is 2. The average molecular weight is 222 g/mol. The van der Waals surface area contributed by atoms with Crippen molar-refractivity contribution in [2.75, 3.05) is 6.54 Å². The van der Waals surface area contributed by atoms with Crippen LogP contribution in [0.5, 0.6) is 0 Å². The van der Waals surface area contributed by atoms with E-state index < -0.39 is 0 Å². The van der Waals surface area contributed by atoms with Gasteiger partial charge < -0.3 is 5.73 Å². The molecule has 1 fully saturated rings. The maximum Gasteiger partial charge on any atom is 0.0691 e. The van der Waals surface area contributed by atoms with Crippen LogP contribution < -0.4 is 11.1 Å². The van der Waals surface area contributed by atoms with E-state index in [1.807, 2.05) is 0 Å². The van der Waals surface area contributed by atoms with E-state index in [1.165, 1.54) is 25.7 Å². The molecule has 0 aromatic carbocycles. The summed E-state index contributed by atoms with van der Waals surface area (Å²) in [6.07, 6.45) is 12.8. The van der Waals surface area contributed by atoms with Crippen molar-refractivity contribution in [2.45, 2.75) is 64.0 Å². The van der Waals surface area contributed by atoms with Crippen molar-refractivity contribution in [1.82, 2.24) is 5.32 Å². The molecular weight excluding hydrogens is 196 g/mol. The summed E-state index contributed by atoms with van der Waals surface area (Å²) in [4.78, 5) is 0. The lowest BCUT2D eigenvalue weighted by molar-refractivity contribution is 0.151. The smallest absolute Gasteiger partial charge is 0.0691 e. The Morgan fingerprint density at radius 1 is 1.56 bits per heavy atom. The Labute approximate surface area is 100 Å². The van der Waals surface area contributed by atoms with Gasteiger partial charge >= 0.3 is 0 Å². The summed E-state index contributed by atoms with van der Waals surface area (Å²) in [7, 11) is 0. The van der Waals surface area contributed by atoms with E-state index in [9.17, 15) is 0 Å². The van der Waals surface area contributed by atoms with Crippen LogP contribution in [0.1, 0.15) is 52.4 Å². The highest BCUT2D eigenvalue weighted by Crippen LogP contribution is 2.33. The van der Waals surface area contributed by atoms with Gasteiger partial charge in [-0.3, -0.25) is 5.32 Å². The fourth-order valence-corrected chi connectivity index (χ4v) is 2.82. The fourth-order valence-electron chi connectivity index (χ4n) is 2.82. The van der Waals surface area contributed by atoms with Crippen LogP contribution in [0.3, 0.4) is 0 Å². The number of nitrogens with two attached hydrogens (primary N) is 1. The number of nitrogens with one attached hydrogen (secondary N) is 1. The maximum atomic E-state index is 6.00. The Balaban J connectivity index is 2.67. The molecule has 0 aliphatic heterocycles. The lowest BCUT2D eigenvalue weighted by Crippen LogP contribution is -2.60. The zero-order valence-electron chi connectivity index (χ0n) is 10.8. The van der Waals surface area contributed by atoms with Crippen LogP contribution in [0.4, 0.5) is 0 Å². The van der Waals surface area contributed by atoms with Crippen LogP contribution in [0, 0.1) is 18.3 Å². The van der Waals surface area contributed by atoms with Gasteiger partial charge in [-0.2, -0.15) is 0 Å². The summed E-state index contributed by atoms with van der Waals surface area (Å²) in [5, 5.41) is 3.66. The normalized spacial score (nSPS) is 32.0. The van der Waals surface area contributed by atoms with Gasteiger partial charge in [0.2, 0.25) is 0 Å². The quantitative estimate of drug-likeness (QED) is 0.700. The number of rotatable bonds is 5. The molecule has 0 aromatic rings. The average Bonchev–Trinajstić information content (AvgIpc) is 2.31. The van der Waals surface area contributed by atoms with Gasteiger partial charge in [-0.1, -0.05) is 39.0 Å². The summed E-state index contributed by atoms with van der Waals surface area (Å²) < 4.78 is 0. The monoisotopic (exact) mass is 222 g/mol. The Hall–Kier alpha value is -0.520. The van der Waals surface area contributed by atoms with Crippen LogP contribution in [-0.4, -0.2) is 18.1 Å². The molecule has 0 aromatic heterocycles. The Morgan fingerprint density at radius 2 is 2.31 bits per heavy atom. The predicted molar refractivity (Wildman–Crippen MR) is 70.1 cm³/mol. The van der Waals surface area contributed by atoms with Crippen LogP contribution in [0.2, 0.25) is 0 Å². The fraction of sp³-hybridized carbons (Fsp3) is 0.857. The second-order valence-corrected chi connectivity index (χ2v) is 5.16. The molecule has 3 atom stereocenters. The minimum Gasteiger partial charge on any atom is -0.329 e. The first kappa shape index (κ1) is 13.5. The molecule has 1 saturated carbocycles. The van der Waals surface area contributed by atoms with E-state index in [-0.39, 0.29) is 11.6 Å². The lowest BCUT2D eigenvalue weighted by atomic mass is 9.73. The van der Waals surface area contributed by atoms with E-state index in [1.54, 1.807) is 0 Å². The van der Waals surface area contributed by atoms with Crippen LogP contribution in [0.15, 0.2) is 0 Å². The third-order valence-electron chi connectivity index (χ3n) is 4.06. The van der Waals surface area contributed by atoms with Gasteiger partial charge in [0, 0.05) is 12.1 Å². The lowest BCUT2D eigenvalue weighted by Gasteiger charge is -2.44. The van der Waals surface area contributed by atoms with Crippen molar-refractivity contribution < 1.29 is 0 Å². The summed E-state index contributed by atoms with van der Waals surface area (Å²) >= 11 is 0. The van der Waals surface area contributed by atoms with Gasteiger partial charge in [-0.05, 0) is 25.2 Å². The SMILES string of the molecule is C#CC(CCC)NC1(CN)CCCCC1C. The number of hydrogen-bond donors (Lipinski definition) is 2. The van der Waals surface area contributed by atoms with Gasteiger partial charge in [-0.25, -0.2) is 0 Å². The van der Waals surface area contributed by atoms with E-state index in [2.05, 4.69) is 25.1 Å². The Bertz CT molecular complexity index is 244. The predicted octanol–water partition coefficient (Wildman–Crippen LogP) is 2.29. The van der Waals surface area contributed by atoms with Crippen molar-refractivity contribution in [1.29, 1.82) is 0 Å². The molecule has 2 nitrogen and oxygen atoms in total. The molecule has 3 N–H and O–H groups in total. The molecule has 3 unspecified atom stereocenters. The van der Waals surface area contributed by atoms with Gasteiger partial charge in [0.05, 0.1) is 6.04 Å². The molecule has 16 heavy (non-hydrogen) atoms. The second kappa shape index (κ2) is 6.27. The minimum absolute atomic E-state index is 0.0878. The molecule has 1 rings (SSSR count). The highest BCUT2D eigenvalue weighted by molar-refractivity contribution is 5.06. The zero-order chi connectivity index (χ0) is 12.0. The second-order valence-electron chi connectivity index (χ2n) is 5.16. The largest absolute Gasteiger partial charge is 0.329 e. The van der Waals surface area contributed by atoms with Gasteiger partial charge in [-0.15, -0.1) is 6.42 Å². The van der Waals surface area contributed by atoms with E-state index in [0.29, 0.717) is 12.5 Å². The minimum atomic E-state index is 0.0878. The van der Waals surface area contributed by atoms with Gasteiger partial charge in [0.1, 0.15) is 0 Å². The first-order valence-corrected chi connectivity index (χ1v) is 6.62. The Morgan fingerprint density at radius 3 is 2.81 bits per heavy atom. The highest BCUT2D eigenvalue weighted by Gasteiger charge is 2.37. The zero-order valence-corrected chi connectivity index (χ0v) is 10.8. The first-order valence-electron chi connectivity index (χ1n) is 6.62. The molecule has 0 spiro atoms. The van der Waals surface area contributed by atoms with Crippen LogP contribution in [0.25, 0.3) is 0 Å². The van der Waals surface area contributed by atoms with Crippen molar-refractivity contribution >= 4 is 0 Å². The van der Waals surface area contributed by atoms with Crippen molar-refractivity contribution in [3.8, 4) is 12.3 Å².